The highest BCUT2D eigenvalue weighted by molar-refractivity contribution is 7.13. The summed E-state index contributed by atoms with van der Waals surface area (Å²) in [5.74, 6) is 0.860. The number of aliphatic hydroxyl groups is 1. The molecule has 1 heterocycles. The van der Waals surface area contributed by atoms with Crippen molar-refractivity contribution in [1.29, 1.82) is 0 Å². The predicted molar refractivity (Wildman–Crippen MR) is 78.6 cm³/mol. The van der Waals surface area contributed by atoms with Crippen LogP contribution in [0.25, 0.3) is 0 Å². The monoisotopic (exact) mass is 284 g/mol. The maximum Gasteiger partial charge on any atom is 0.263 e. The van der Waals surface area contributed by atoms with Crippen molar-refractivity contribution in [1.82, 2.24) is 10.3 Å². The second kappa shape index (κ2) is 7.60. The van der Waals surface area contributed by atoms with Crippen molar-refractivity contribution in [3.63, 3.8) is 0 Å². The van der Waals surface area contributed by atoms with Crippen LogP contribution in [0.4, 0.5) is 0 Å². The van der Waals surface area contributed by atoms with Gasteiger partial charge in [-0.15, -0.1) is 11.3 Å². The summed E-state index contributed by atoms with van der Waals surface area (Å²) in [6.45, 7) is 8.87. The van der Waals surface area contributed by atoms with Crippen LogP contribution in [0.5, 0.6) is 0 Å². The Labute approximate surface area is 119 Å². The molecule has 0 bridgehead atoms. The van der Waals surface area contributed by atoms with Gasteiger partial charge in [-0.25, -0.2) is 4.98 Å². The molecule has 0 spiro atoms. The lowest BCUT2D eigenvalue weighted by Crippen LogP contribution is -2.30. The summed E-state index contributed by atoms with van der Waals surface area (Å²) >= 11 is 1.43. The molecule has 108 valence electrons. The summed E-state index contributed by atoms with van der Waals surface area (Å²) in [7, 11) is 0. The zero-order valence-corrected chi connectivity index (χ0v) is 13.0. The van der Waals surface area contributed by atoms with Gasteiger partial charge >= 0.3 is 0 Å². The van der Waals surface area contributed by atoms with E-state index in [1.54, 1.807) is 0 Å². The van der Waals surface area contributed by atoms with Crippen LogP contribution in [-0.4, -0.2) is 29.1 Å². The topological polar surface area (TPSA) is 62.2 Å². The van der Waals surface area contributed by atoms with Crippen molar-refractivity contribution in [3.8, 4) is 0 Å². The van der Waals surface area contributed by atoms with E-state index in [9.17, 15) is 4.79 Å². The van der Waals surface area contributed by atoms with Crippen LogP contribution in [0.15, 0.2) is 0 Å². The van der Waals surface area contributed by atoms with Gasteiger partial charge in [-0.2, -0.15) is 0 Å². The predicted octanol–water partition coefficient (Wildman–Crippen LogP) is 2.53. The molecule has 1 amide bonds. The molecule has 19 heavy (non-hydrogen) atoms. The molecular weight excluding hydrogens is 260 g/mol. The molecule has 0 saturated heterocycles. The third-order valence-corrected chi connectivity index (χ3v) is 4.07. The van der Waals surface area contributed by atoms with Crippen molar-refractivity contribution in [2.45, 2.75) is 40.5 Å². The molecule has 0 aromatic carbocycles. The van der Waals surface area contributed by atoms with Crippen LogP contribution in [0.2, 0.25) is 0 Å². The van der Waals surface area contributed by atoms with Crippen molar-refractivity contribution in [3.05, 3.63) is 15.6 Å². The summed E-state index contributed by atoms with van der Waals surface area (Å²) in [5.41, 5.74) is 0.794. The number of aromatic nitrogens is 1. The lowest BCUT2D eigenvalue weighted by atomic mass is 9.94. The summed E-state index contributed by atoms with van der Waals surface area (Å²) in [5, 5.41) is 12.9. The van der Waals surface area contributed by atoms with E-state index in [1.807, 2.05) is 13.8 Å². The van der Waals surface area contributed by atoms with Gasteiger partial charge in [0.2, 0.25) is 0 Å². The van der Waals surface area contributed by atoms with Gasteiger partial charge < -0.3 is 10.4 Å². The number of nitrogens with zero attached hydrogens (tertiary/aromatic N) is 1. The van der Waals surface area contributed by atoms with Crippen LogP contribution >= 0.6 is 11.3 Å². The third kappa shape index (κ3) is 5.28. The van der Waals surface area contributed by atoms with Crippen LogP contribution < -0.4 is 5.32 Å². The minimum Gasteiger partial charge on any atom is -0.396 e. The average Bonchev–Trinajstić information content (AvgIpc) is 2.64. The number of aliphatic hydroxyl groups excluding tert-OH is 1. The first kappa shape index (κ1) is 16.1. The number of amides is 1. The largest absolute Gasteiger partial charge is 0.396 e. The molecule has 2 N–H and O–H groups in total. The Morgan fingerprint density at radius 2 is 2.11 bits per heavy atom. The zero-order chi connectivity index (χ0) is 14.4. The molecular formula is C14H24N2O2S. The van der Waals surface area contributed by atoms with E-state index in [2.05, 4.69) is 24.1 Å². The smallest absolute Gasteiger partial charge is 0.263 e. The van der Waals surface area contributed by atoms with E-state index in [4.69, 9.17) is 5.11 Å². The van der Waals surface area contributed by atoms with E-state index < -0.39 is 0 Å². The lowest BCUT2D eigenvalue weighted by molar-refractivity contribution is 0.0944. The van der Waals surface area contributed by atoms with Crippen LogP contribution in [0, 0.1) is 25.7 Å². The number of hydrogen-bond donors (Lipinski definition) is 2. The molecule has 0 aliphatic carbocycles. The number of nitrogens with one attached hydrogen (secondary N) is 1. The van der Waals surface area contributed by atoms with Crippen molar-refractivity contribution < 1.29 is 9.90 Å². The second-order valence-electron chi connectivity index (χ2n) is 5.37. The number of hydrogen-bond acceptors (Lipinski definition) is 4. The lowest BCUT2D eigenvalue weighted by Gasteiger charge is -2.18. The van der Waals surface area contributed by atoms with Gasteiger partial charge in [-0.1, -0.05) is 13.8 Å². The molecule has 0 saturated carbocycles. The highest BCUT2D eigenvalue weighted by Gasteiger charge is 2.16. The number of carbonyl (C=O) groups is 1. The highest BCUT2D eigenvalue weighted by Crippen LogP contribution is 2.18. The standard InChI is InChI=1S/C14H24N2O2S/c1-9(2)7-12(5-6-17)8-15-14(18)13-10(3)16-11(4)19-13/h9,12,17H,5-8H2,1-4H3,(H,15,18). The highest BCUT2D eigenvalue weighted by atomic mass is 32.1. The number of rotatable bonds is 7. The molecule has 1 atom stereocenters. The van der Waals surface area contributed by atoms with E-state index in [0.29, 0.717) is 23.3 Å². The fourth-order valence-corrected chi connectivity index (χ4v) is 3.05. The fraction of sp³-hybridized carbons (Fsp3) is 0.714. The van der Waals surface area contributed by atoms with Gasteiger partial charge in [0.15, 0.2) is 0 Å². The van der Waals surface area contributed by atoms with Crippen molar-refractivity contribution in [2.24, 2.45) is 11.8 Å². The molecule has 0 radical (unpaired) electrons. The SMILES string of the molecule is Cc1nc(C)c(C(=O)NCC(CCO)CC(C)C)s1. The minimum atomic E-state index is -0.0465. The summed E-state index contributed by atoms with van der Waals surface area (Å²) in [6.07, 6.45) is 1.75. The van der Waals surface area contributed by atoms with E-state index in [0.717, 1.165) is 23.5 Å². The number of carbonyl (C=O) groups excluding carboxylic acids is 1. The Morgan fingerprint density at radius 3 is 2.58 bits per heavy atom. The molecule has 0 aliphatic rings. The van der Waals surface area contributed by atoms with Crippen LogP contribution in [0.1, 0.15) is 47.1 Å². The normalized spacial score (nSPS) is 12.7. The fourth-order valence-electron chi connectivity index (χ4n) is 2.21. The van der Waals surface area contributed by atoms with E-state index in [1.165, 1.54) is 11.3 Å². The van der Waals surface area contributed by atoms with E-state index >= 15 is 0 Å². The molecule has 1 unspecified atom stereocenters. The Morgan fingerprint density at radius 1 is 1.42 bits per heavy atom. The average molecular weight is 284 g/mol. The van der Waals surface area contributed by atoms with Crippen molar-refractivity contribution in [2.75, 3.05) is 13.2 Å². The maximum absolute atomic E-state index is 12.1. The first-order valence-electron chi connectivity index (χ1n) is 6.77. The summed E-state index contributed by atoms with van der Waals surface area (Å²) < 4.78 is 0. The van der Waals surface area contributed by atoms with Crippen LogP contribution in [-0.2, 0) is 0 Å². The number of aryl methyl sites for hydroxylation is 2. The Hall–Kier alpha value is -0.940. The van der Waals surface area contributed by atoms with Gasteiger partial charge in [0.05, 0.1) is 10.7 Å². The molecule has 4 nitrogen and oxygen atoms in total. The molecule has 5 heteroatoms. The first-order valence-corrected chi connectivity index (χ1v) is 7.58. The first-order chi connectivity index (χ1) is 8.93. The van der Waals surface area contributed by atoms with Crippen molar-refractivity contribution >= 4 is 17.2 Å². The maximum atomic E-state index is 12.1. The van der Waals surface area contributed by atoms with Gasteiger partial charge in [0.25, 0.3) is 5.91 Å². The van der Waals surface area contributed by atoms with Gasteiger partial charge in [0.1, 0.15) is 4.88 Å². The van der Waals surface area contributed by atoms with Crippen LogP contribution in [0.3, 0.4) is 0 Å². The third-order valence-electron chi connectivity index (χ3n) is 3.00. The van der Waals surface area contributed by atoms with Gasteiger partial charge in [-0.05, 0) is 38.5 Å². The quantitative estimate of drug-likeness (QED) is 0.809. The second-order valence-corrected chi connectivity index (χ2v) is 6.57. The molecule has 0 aliphatic heterocycles. The number of thiazole rings is 1. The molecule has 1 aromatic heterocycles. The summed E-state index contributed by atoms with van der Waals surface area (Å²) in [6, 6.07) is 0. The Kier molecular flexibility index (Phi) is 6.45. The molecule has 1 aromatic rings. The van der Waals surface area contributed by atoms with Gasteiger partial charge in [-0.3, -0.25) is 4.79 Å². The van der Waals surface area contributed by atoms with Gasteiger partial charge in [0, 0.05) is 13.2 Å². The molecule has 0 fully saturated rings. The minimum absolute atomic E-state index is 0.0465. The Balaban J connectivity index is 2.54. The zero-order valence-electron chi connectivity index (χ0n) is 12.2. The van der Waals surface area contributed by atoms with E-state index in [-0.39, 0.29) is 12.5 Å². The Bertz CT molecular complexity index is 416. The molecule has 1 rings (SSSR count). The summed E-state index contributed by atoms with van der Waals surface area (Å²) in [4.78, 5) is 17.0.